The Morgan fingerprint density at radius 3 is 2.60 bits per heavy atom. The molecule has 4 heteroatoms. The molecule has 0 radical (unpaired) electrons. The molecule has 0 aliphatic rings. The van der Waals surface area contributed by atoms with Crippen LogP contribution in [0.4, 0.5) is 4.39 Å². The minimum atomic E-state index is -0.763. The lowest BCUT2D eigenvalue weighted by molar-refractivity contribution is 0.0915. The zero-order valence-corrected chi connectivity index (χ0v) is 11.1. The second-order valence-electron chi connectivity index (χ2n) is 4.60. The van der Waals surface area contributed by atoms with Gasteiger partial charge in [0.2, 0.25) is 0 Å². The predicted octanol–water partition coefficient (Wildman–Crippen LogP) is 2.60. The largest absolute Gasteiger partial charge is 0.387 e. The van der Waals surface area contributed by atoms with Gasteiger partial charge in [-0.3, -0.25) is 4.79 Å². The molecule has 2 aromatic rings. The Morgan fingerprint density at radius 2 is 1.95 bits per heavy atom. The summed E-state index contributed by atoms with van der Waals surface area (Å²) in [7, 11) is 0. The van der Waals surface area contributed by atoms with E-state index in [9.17, 15) is 14.3 Å². The molecule has 104 valence electrons. The third-order valence-electron chi connectivity index (χ3n) is 3.07. The van der Waals surface area contributed by atoms with Gasteiger partial charge in [-0.1, -0.05) is 30.3 Å². The van der Waals surface area contributed by atoms with Gasteiger partial charge in [-0.2, -0.15) is 0 Å². The zero-order valence-electron chi connectivity index (χ0n) is 11.1. The maximum absolute atomic E-state index is 13.0. The summed E-state index contributed by atoms with van der Waals surface area (Å²) in [6.07, 6.45) is -0.763. The molecule has 2 N–H and O–H groups in total. The van der Waals surface area contributed by atoms with Crippen molar-refractivity contribution in [2.24, 2.45) is 0 Å². The van der Waals surface area contributed by atoms with Gasteiger partial charge < -0.3 is 10.4 Å². The predicted molar refractivity (Wildman–Crippen MR) is 74.9 cm³/mol. The third kappa shape index (κ3) is 3.42. The second-order valence-corrected chi connectivity index (χ2v) is 4.60. The topological polar surface area (TPSA) is 49.3 Å². The fourth-order valence-electron chi connectivity index (χ4n) is 1.96. The number of hydrogen-bond acceptors (Lipinski definition) is 2. The van der Waals surface area contributed by atoms with E-state index < -0.39 is 6.10 Å². The van der Waals surface area contributed by atoms with E-state index in [2.05, 4.69) is 5.32 Å². The number of carbonyl (C=O) groups excluding carboxylic acids is 1. The highest BCUT2D eigenvalue weighted by Gasteiger charge is 2.12. The van der Waals surface area contributed by atoms with Gasteiger partial charge in [0, 0.05) is 12.1 Å². The maximum atomic E-state index is 13.0. The van der Waals surface area contributed by atoms with Crippen molar-refractivity contribution in [1.82, 2.24) is 5.32 Å². The van der Waals surface area contributed by atoms with E-state index in [0.29, 0.717) is 11.1 Å². The average Bonchev–Trinajstić information content (AvgIpc) is 2.45. The van der Waals surface area contributed by atoms with E-state index in [-0.39, 0.29) is 18.3 Å². The molecule has 0 aromatic heterocycles. The molecular weight excluding hydrogens is 257 g/mol. The first-order chi connectivity index (χ1) is 9.58. The van der Waals surface area contributed by atoms with E-state index in [1.807, 2.05) is 18.2 Å². The molecule has 1 unspecified atom stereocenters. The van der Waals surface area contributed by atoms with Crippen LogP contribution in [0.3, 0.4) is 0 Å². The van der Waals surface area contributed by atoms with Crippen LogP contribution in [-0.2, 0) is 0 Å². The van der Waals surface area contributed by atoms with Crippen LogP contribution in [0.2, 0.25) is 0 Å². The highest BCUT2D eigenvalue weighted by atomic mass is 19.1. The fraction of sp³-hybridized carbons (Fsp3) is 0.188. The highest BCUT2D eigenvalue weighted by Crippen LogP contribution is 2.12. The lowest BCUT2D eigenvalue weighted by Crippen LogP contribution is -2.28. The van der Waals surface area contributed by atoms with Crippen LogP contribution in [-0.4, -0.2) is 17.6 Å². The molecule has 1 amide bonds. The molecule has 0 aliphatic carbocycles. The number of halogens is 1. The van der Waals surface area contributed by atoms with Crippen LogP contribution in [0.1, 0.15) is 27.6 Å². The van der Waals surface area contributed by atoms with E-state index in [1.165, 1.54) is 18.2 Å². The van der Waals surface area contributed by atoms with Gasteiger partial charge in [-0.25, -0.2) is 4.39 Å². The average molecular weight is 273 g/mol. The number of aliphatic hydroxyl groups excluding tert-OH is 1. The number of benzene rings is 2. The first-order valence-electron chi connectivity index (χ1n) is 6.35. The van der Waals surface area contributed by atoms with Gasteiger partial charge in [0.1, 0.15) is 5.82 Å². The van der Waals surface area contributed by atoms with Crippen molar-refractivity contribution < 1.29 is 14.3 Å². The Kier molecular flexibility index (Phi) is 4.48. The first kappa shape index (κ1) is 14.2. The molecule has 0 bridgehead atoms. The van der Waals surface area contributed by atoms with Crippen LogP contribution in [0.15, 0.2) is 48.5 Å². The van der Waals surface area contributed by atoms with E-state index >= 15 is 0 Å². The molecule has 0 spiro atoms. The summed E-state index contributed by atoms with van der Waals surface area (Å²) in [5.41, 5.74) is 1.71. The van der Waals surface area contributed by atoms with Crippen LogP contribution in [0, 0.1) is 12.7 Å². The minimum Gasteiger partial charge on any atom is -0.387 e. The van der Waals surface area contributed by atoms with Gasteiger partial charge >= 0.3 is 0 Å². The van der Waals surface area contributed by atoms with Crippen molar-refractivity contribution in [1.29, 1.82) is 0 Å². The molecule has 3 nitrogen and oxygen atoms in total. The molecule has 1 atom stereocenters. The normalized spacial score (nSPS) is 11.9. The summed E-state index contributed by atoms with van der Waals surface area (Å²) in [5, 5.41) is 12.6. The maximum Gasteiger partial charge on any atom is 0.251 e. The standard InChI is InChI=1S/C16H16FNO2/c1-11-9-13(17)7-8-14(11)16(20)18-10-15(19)12-5-3-2-4-6-12/h2-9,15,19H,10H2,1H3,(H,18,20). The number of amides is 1. The molecule has 0 heterocycles. The fourth-order valence-corrected chi connectivity index (χ4v) is 1.96. The van der Waals surface area contributed by atoms with E-state index in [0.717, 1.165) is 5.56 Å². The number of nitrogens with one attached hydrogen (secondary N) is 1. The number of rotatable bonds is 4. The Balaban J connectivity index is 1.99. The summed E-state index contributed by atoms with van der Waals surface area (Å²) in [4.78, 5) is 12.0. The van der Waals surface area contributed by atoms with Gasteiger partial charge in [0.05, 0.1) is 6.10 Å². The Bertz CT molecular complexity index is 599. The number of aliphatic hydroxyl groups is 1. The molecule has 20 heavy (non-hydrogen) atoms. The molecule has 0 aliphatic heterocycles. The van der Waals surface area contributed by atoms with Crippen LogP contribution in [0.5, 0.6) is 0 Å². The smallest absolute Gasteiger partial charge is 0.251 e. The van der Waals surface area contributed by atoms with Crippen molar-refractivity contribution in [3.63, 3.8) is 0 Å². The van der Waals surface area contributed by atoms with E-state index in [4.69, 9.17) is 0 Å². The van der Waals surface area contributed by atoms with Crippen LogP contribution < -0.4 is 5.32 Å². The highest BCUT2D eigenvalue weighted by molar-refractivity contribution is 5.95. The summed E-state index contributed by atoms with van der Waals surface area (Å²) < 4.78 is 13.0. The third-order valence-corrected chi connectivity index (χ3v) is 3.07. The second kappa shape index (κ2) is 6.30. The summed E-state index contributed by atoms with van der Waals surface area (Å²) in [6.45, 7) is 1.78. The van der Waals surface area contributed by atoms with E-state index in [1.54, 1.807) is 19.1 Å². The molecule has 0 saturated carbocycles. The van der Waals surface area contributed by atoms with Gasteiger partial charge in [-0.05, 0) is 36.2 Å². The lowest BCUT2D eigenvalue weighted by Gasteiger charge is -2.13. The van der Waals surface area contributed by atoms with Crippen molar-refractivity contribution in [3.8, 4) is 0 Å². The minimum absolute atomic E-state index is 0.111. The van der Waals surface area contributed by atoms with Gasteiger partial charge in [-0.15, -0.1) is 0 Å². The Morgan fingerprint density at radius 1 is 1.25 bits per heavy atom. The molecule has 2 rings (SSSR count). The quantitative estimate of drug-likeness (QED) is 0.899. The number of aryl methyl sites for hydroxylation is 1. The van der Waals surface area contributed by atoms with Crippen molar-refractivity contribution in [3.05, 3.63) is 71.0 Å². The van der Waals surface area contributed by atoms with Crippen LogP contribution >= 0.6 is 0 Å². The van der Waals surface area contributed by atoms with Crippen LogP contribution in [0.25, 0.3) is 0 Å². The lowest BCUT2D eigenvalue weighted by atomic mass is 10.1. The zero-order chi connectivity index (χ0) is 14.5. The summed E-state index contributed by atoms with van der Waals surface area (Å²) in [6, 6.07) is 13.1. The summed E-state index contributed by atoms with van der Waals surface area (Å²) >= 11 is 0. The van der Waals surface area contributed by atoms with Crippen molar-refractivity contribution >= 4 is 5.91 Å². The molecule has 0 fully saturated rings. The Hall–Kier alpha value is -2.20. The van der Waals surface area contributed by atoms with Crippen molar-refractivity contribution in [2.45, 2.75) is 13.0 Å². The number of carbonyl (C=O) groups is 1. The Labute approximate surface area is 117 Å². The summed E-state index contributed by atoms with van der Waals surface area (Å²) in [5.74, 6) is -0.694. The van der Waals surface area contributed by atoms with Gasteiger partial charge in [0.15, 0.2) is 0 Å². The van der Waals surface area contributed by atoms with Gasteiger partial charge in [0.25, 0.3) is 5.91 Å². The number of hydrogen-bond donors (Lipinski definition) is 2. The SMILES string of the molecule is Cc1cc(F)ccc1C(=O)NCC(O)c1ccccc1. The van der Waals surface area contributed by atoms with Crippen molar-refractivity contribution in [2.75, 3.05) is 6.54 Å². The molecular formula is C16H16FNO2. The first-order valence-corrected chi connectivity index (χ1v) is 6.35. The molecule has 2 aromatic carbocycles. The monoisotopic (exact) mass is 273 g/mol. The molecule has 0 saturated heterocycles.